The van der Waals surface area contributed by atoms with Crippen molar-refractivity contribution in [2.45, 2.75) is 57.5 Å². The van der Waals surface area contributed by atoms with Crippen molar-refractivity contribution in [3.63, 3.8) is 0 Å². The Morgan fingerprint density at radius 2 is 1.75 bits per heavy atom. The van der Waals surface area contributed by atoms with Crippen LogP contribution in [0.15, 0.2) is 34.9 Å². The van der Waals surface area contributed by atoms with Gasteiger partial charge in [0.25, 0.3) is 0 Å². The van der Waals surface area contributed by atoms with Gasteiger partial charge < -0.3 is 19.5 Å². The van der Waals surface area contributed by atoms with Gasteiger partial charge in [-0.3, -0.25) is 0 Å². The molecule has 2 saturated heterocycles. The van der Waals surface area contributed by atoms with Gasteiger partial charge in [0, 0.05) is 44.0 Å². The maximum atomic E-state index is 5.70. The first-order valence-corrected chi connectivity index (χ1v) is 10.7. The van der Waals surface area contributed by atoms with Gasteiger partial charge in [-0.15, -0.1) is 0 Å². The van der Waals surface area contributed by atoms with E-state index in [1.807, 2.05) is 0 Å². The van der Waals surface area contributed by atoms with Gasteiger partial charge in [0.05, 0.1) is 6.04 Å². The third-order valence-corrected chi connectivity index (χ3v) is 6.01. The molecule has 1 N–H and O–H groups in total. The molecule has 0 amide bonds. The van der Waals surface area contributed by atoms with Crippen LogP contribution in [0.3, 0.4) is 0 Å². The van der Waals surface area contributed by atoms with E-state index in [0.717, 1.165) is 63.7 Å². The molecule has 0 spiro atoms. The van der Waals surface area contributed by atoms with Crippen LogP contribution in [-0.2, 0) is 4.74 Å². The predicted octanol–water partition coefficient (Wildman–Crippen LogP) is 3.92. The van der Waals surface area contributed by atoms with Gasteiger partial charge in [0.1, 0.15) is 0 Å². The minimum Gasteiger partial charge on any atom is -0.381 e. The summed E-state index contributed by atoms with van der Waals surface area (Å²) >= 11 is 0. The SMILES string of the molecule is CC(C)c1noc(C(NC2CCN(c3ccccc3)CC2)C2CCOCC2)n1. The van der Waals surface area contributed by atoms with E-state index in [9.17, 15) is 0 Å². The molecule has 2 aromatic rings. The number of nitrogens with zero attached hydrogens (tertiary/aromatic N) is 3. The van der Waals surface area contributed by atoms with Gasteiger partial charge in [0.2, 0.25) is 5.89 Å². The highest BCUT2D eigenvalue weighted by Crippen LogP contribution is 2.31. The van der Waals surface area contributed by atoms with Gasteiger partial charge in [-0.25, -0.2) is 0 Å². The minimum absolute atomic E-state index is 0.122. The maximum Gasteiger partial charge on any atom is 0.244 e. The standard InChI is InChI=1S/C22H32N4O2/c1-16(2)21-24-22(28-25-21)20(17-10-14-27-15-11-17)23-18-8-12-26(13-9-18)19-6-4-3-5-7-19/h3-7,16-18,20,23H,8-15H2,1-2H3. The van der Waals surface area contributed by atoms with Crippen molar-refractivity contribution in [1.82, 2.24) is 15.5 Å². The molecule has 1 aromatic heterocycles. The van der Waals surface area contributed by atoms with E-state index in [0.29, 0.717) is 12.0 Å². The second kappa shape index (κ2) is 9.05. The van der Waals surface area contributed by atoms with Crippen molar-refractivity contribution < 1.29 is 9.26 Å². The molecule has 1 aromatic carbocycles. The summed E-state index contributed by atoms with van der Waals surface area (Å²) in [5.41, 5.74) is 1.32. The number of piperidine rings is 1. The molecule has 2 fully saturated rings. The van der Waals surface area contributed by atoms with E-state index in [1.54, 1.807) is 0 Å². The van der Waals surface area contributed by atoms with Crippen LogP contribution in [0.2, 0.25) is 0 Å². The highest BCUT2D eigenvalue weighted by atomic mass is 16.5. The molecule has 1 atom stereocenters. The van der Waals surface area contributed by atoms with Crippen molar-refractivity contribution >= 4 is 5.69 Å². The zero-order valence-electron chi connectivity index (χ0n) is 17.0. The van der Waals surface area contributed by atoms with Crippen molar-refractivity contribution in [3.05, 3.63) is 42.0 Å². The molecule has 2 aliphatic heterocycles. The first-order valence-electron chi connectivity index (χ1n) is 10.7. The monoisotopic (exact) mass is 384 g/mol. The molecule has 0 bridgehead atoms. The number of nitrogens with one attached hydrogen (secondary N) is 1. The molecule has 3 heterocycles. The number of ether oxygens (including phenoxy) is 1. The summed E-state index contributed by atoms with van der Waals surface area (Å²) in [5.74, 6) is 2.32. The Hall–Kier alpha value is -1.92. The summed E-state index contributed by atoms with van der Waals surface area (Å²) in [7, 11) is 0. The Kier molecular flexibility index (Phi) is 6.27. The predicted molar refractivity (Wildman–Crippen MR) is 109 cm³/mol. The molecule has 152 valence electrons. The Morgan fingerprint density at radius 3 is 2.39 bits per heavy atom. The molecule has 0 saturated carbocycles. The molecule has 28 heavy (non-hydrogen) atoms. The highest BCUT2D eigenvalue weighted by Gasteiger charge is 2.33. The zero-order chi connectivity index (χ0) is 19.3. The molecular weight excluding hydrogens is 352 g/mol. The quantitative estimate of drug-likeness (QED) is 0.814. The second-order valence-corrected chi connectivity index (χ2v) is 8.34. The molecular formula is C22H32N4O2. The fraction of sp³-hybridized carbons (Fsp3) is 0.636. The topological polar surface area (TPSA) is 63.4 Å². The van der Waals surface area contributed by atoms with Crippen LogP contribution < -0.4 is 10.2 Å². The van der Waals surface area contributed by atoms with Crippen LogP contribution in [0.25, 0.3) is 0 Å². The fourth-order valence-electron chi connectivity index (χ4n) is 4.26. The van der Waals surface area contributed by atoms with Crippen LogP contribution in [0.5, 0.6) is 0 Å². The van der Waals surface area contributed by atoms with Crippen LogP contribution in [0.1, 0.15) is 63.2 Å². The average molecular weight is 385 g/mol. The van der Waals surface area contributed by atoms with E-state index in [2.05, 4.69) is 59.6 Å². The van der Waals surface area contributed by atoms with Crippen molar-refractivity contribution in [3.8, 4) is 0 Å². The van der Waals surface area contributed by atoms with E-state index in [4.69, 9.17) is 14.2 Å². The largest absolute Gasteiger partial charge is 0.381 e. The molecule has 4 rings (SSSR count). The average Bonchev–Trinajstić information content (AvgIpc) is 3.24. The fourth-order valence-corrected chi connectivity index (χ4v) is 4.26. The lowest BCUT2D eigenvalue weighted by Crippen LogP contribution is -2.46. The molecule has 2 aliphatic rings. The van der Waals surface area contributed by atoms with Gasteiger partial charge in [-0.05, 0) is 43.7 Å². The lowest BCUT2D eigenvalue weighted by atomic mass is 9.90. The molecule has 0 aliphatic carbocycles. The van der Waals surface area contributed by atoms with Gasteiger partial charge in [-0.2, -0.15) is 4.98 Å². The van der Waals surface area contributed by atoms with Gasteiger partial charge >= 0.3 is 0 Å². The van der Waals surface area contributed by atoms with Crippen molar-refractivity contribution in [2.24, 2.45) is 5.92 Å². The van der Waals surface area contributed by atoms with Crippen LogP contribution >= 0.6 is 0 Å². The summed E-state index contributed by atoms with van der Waals surface area (Å²) in [6, 6.07) is 11.3. The number of hydrogen-bond acceptors (Lipinski definition) is 6. The number of hydrogen-bond donors (Lipinski definition) is 1. The summed E-state index contributed by atoms with van der Waals surface area (Å²) in [4.78, 5) is 7.20. The van der Waals surface area contributed by atoms with Crippen molar-refractivity contribution in [2.75, 3.05) is 31.2 Å². The normalized spacial score (nSPS) is 20.6. The third-order valence-electron chi connectivity index (χ3n) is 6.01. The summed E-state index contributed by atoms with van der Waals surface area (Å²) < 4.78 is 11.3. The highest BCUT2D eigenvalue weighted by molar-refractivity contribution is 5.46. The van der Waals surface area contributed by atoms with E-state index < -0.39 is 0 Å². The minimum atomic E-state index is 0.122. The Bertz CT molecular complexity index is 719. The van der Waals surface area contributed by atoms with Crippen molar-refractivity contribution in [1.29, 1.82) is 0 Å². The Labute approximate surface area is 167 Å². The first-order chi connectivity index (χ1) is 13.7. The molecule has 0 radical (unpaired) electrons. The zero-order valence-corrected chi connectivity index (χ0v) is 17.0. The summed E-state index contributed by atoms with van der Waals surface area (Å²) in [6.07, 6.45) is 4.33. The van der Waals surface area contributed by atoms with Gasteiger partial charge in [-0.1, -0.05) is 37.2 Å². The molecule has 6 nitrogen and oxygen atoms in total. The number of aromatic nitrogens is 2. The first kappa shape index (κ1) is 19.4. The molecule has 6 heteroatoms. The van der Waals surface area contributed by atoms with Crippen LogP contribution in [-0.4, -0.2) is 42.5 Å². The number of anilines is 1. The lowest BCUT2D eigenvalue weighted by Gasteiger charge is -2.37. The Morgan fingerprint density at radius 1 is 1.04 bits per heavy atom. The number of rotatable bonds is 6. The van der Waals surface area contributed by atoms with Crippen LogP contribution in [0, 0.1) is 5.92 Å². The molecule has 1 unspecified atom stereocenters. The second-order valence-electron chi connectivity index (χ2n) is 8.34. The van der Waals surface area contributed by atoms with E-state index >= 15 is 0 Å². The summed E-state index contributed by atoms with van der Waals surface area (Å²) in [6.45, 7) is 7.99. The Balaban J connectivity index is 1.42. The van der Waals surface area contributed by atoms with E-state index in [-0.39, 0.29) is 12.0 Å². The van der Waals surface area contributed by atoms with Crippen LogP contribution in [0.4, 0.5) is 5.69 Å². The number of benzene rings is 1. The maximum absolute atomic E-state index is 5.70. The number of para-hydroxylation sites is 1. The third kappa shape index (κ3) is 4.55. The summed E-state index contributed by atoms with van der Waals surface area (Å²) in [5, 5.41) is 8.10. The smallest absolute Gasteiger partial charge is 0.244 e. The lowest BCUT2D eigenvalue weighted by molar-refractivity contribution is 0.0461. The van der Waals surface area contributed by atoms with Gasteiger partial charge in [0.15, 0.2) is 5.82 Å². The van der Waals surface area contributed by atoms with E-state index in [1.165, 1.54) is 5.69 Å².